The zero-order valence-electron chi connectivity index (χ0n) is 24.7. The van der Waals surface area contributed by atoms with Gasteiger partial charge in [-0.05, 0) is 90.1 Å². The molecule has 4 aromatic carbocycles. The summed E-state index contributed by atoms with van der Waals surface area (Å²) in [6, 6.07) is 27.5. The number of ether oxygens (including phenoxy) is 2. The Hall–Kier alpha value is -4.83. The van der Waals surface area contributed by atoms with Crippen LogP contribution in [-0.4, -0.2) is 11.9 Å². The van der Waals surface area contributed by atoms with Crippen LogP contribution >= 0.6 is 0 Å². The maximum Gasteiger partial charge on any atom is 0.178 e. The highest BCUT2D eigenvalue weighted by Crippen LogP contribution is 2.58. The molecule has 1 N–H and O–H groups in total. The van der Waals surface area contributed by atoms with E-state index in [2.05, 4.69) is 112 Å². The number of fused-ring (bicyclic) bond motifs is 6. The van der Waals surface area contributed by atoms with Gasteiger partial charge in [-0.1, -0.05) is 81.1 Å². The first kappa shape index (κ1) is 26.1. The fraction of sp³-hybridized carbons (Fsp3) is 0.184. The second-order valence-electron chi connectivity index (χ2n) is 11.9. The van der Waals surface area contributed by atoms with Gasteiger partial charge in [-0.25, -0.2) is 0 Å². The van der Waals surface area contributed by atoms with Crippen molar-refractivity contribution in [2.45, 2.75) is 46.2 Å². The second-order valence-corrected chi connectivity index (χ2v) is 11.9. The van der Waals surface area contributed by atoms with E-state index in [1.807, 2.05) is 26.0 Å². The zero-order chi connectivity index (χ0) is 29.2. The van der Waals surface area contributed by atoms with Crippen LogP contribution in [0.3, 0.4) is 0 Å². The van der Waals surface area contributed by atoms with Crippen molar-refractivity contribution in [1.82, 2.24) is 5.32 Å². The lowest BCUT2D eigenvalue weighted by molar-refractivity contribution is 0.360. The van der Waals surface area contributed by atoms with Crippen molar-refractivity contribution < 1.29 is 9.47 Å². The molecule has 1 unspecified atom stereocenters. The normalized spacial score (nSPS) is 17.7. The third-order valence-electron chi connectivity index (χ3n) is 8.70. The Morgan fingerprint density at radius 1 is 0.833 bits per heavy atom. The molecule has 0 radical (unpaired) electrons. The number of hydrogen-bond acceptors (Lipinski definition) is 4. The molecular formula is C38H34N2O2. The predicted molar refractivity (Wildman–Crippen MR) is 172 cm³/mol. The minimum atomic E-state index is -0.160. The average Bonchev–Trinajstić information content (AvgIpc) is 3.25. The van der Waals surface area contributed by atoms with Gasteiger partial charge in [-0.15, -0.1) is 0 Å². The Morgan fingerprint density at radius 2 is 1.60 bits per heavy atom. The molecule has 4 nitrogen and oxygen atoms in total. The number of benzene rings is 4. The molecular weight excluding hydrogens is 516 g/mol. The van der Waals surface area contributed by atoms with E-state index < -0.39 is 0 Å². The van der Waals surface area contributed by atoms with Crippen LogP contribution in [0.1, 0.15) is 51.3 Å². The summed E-state index contributed by atoms with van der Waals surface area (Å²) >= 11 is 0. The minimum Gasteiger partial charge on any atom is -0.449 e. The number of nitrogens with one attached hydrogen (secondary N) is 1. The molecule has 2 heterocycles. The lowest BCUT2D eigenvalue weighted by Crippen LogP contribution is -2.33. The smallest absolute Gasteiger partial charge is 0.178 e. The van der Waals surface area contributed by atoms with Gasteiger partial charge in [0.1, 0.15) is 6.17 Å². The molecule has 1 aliphatic carbocycles. The summed E-state index contributed by atoms with van der Waals surface area (Å²) in [5.74, 6) is 2.97. The third-order valence-corrected chi connectivity index (χ3v) is 8.70. The topological polar surface area (TPSA) is 42.9 Å². The number of allylic oxidation sites excluding steroid dienone is 3. The Labute approximate surface area is 247 Å². The van der Waals surface area contributed by atoms with Gasteiger partial charge in [-0.2, -0.15) is 0 Å². The van der Waals surface area contributed by atoms with E-state index in [4.69, 9.17) is 14.5 Å². The van der Waals surface area contributed by atoms with Crippen LogP contribution in [0.4, 0.5) is 0 Å². The van der Waals surface area contributed by atoms with Crippen molar-refractivity contribution in [2.75, 3.05) is 0 Å². The van der Waals surface area contributed by atoms with Crippen LogP contribution in [0, 0.1) is 0 Å². The molecule has 0 saturated carbocycles. The van der Waals surface area contributed by atoms with E-state index in [0.29, 0.717) is 5.75 Å². The van der Waals surface area contributed by atoms with E-state index in [1.165, 1.54) is 22.3 Å². The highest BCUT2D eigenvalue weighted by atomic mass is 16.6. The minimum absolute atomic E-state index is 0.0932. The van der Waals surface area contributed by atoms with E-state index in [1.54, 1.807) is 0 Å². The van der Waals surface area contributed by atoms with Crippen LogP contribution in [0.2, 0.25) is 0 Å². The van der Waals surface area contributed by atoms with Crippen molar-refractivity contribution in [3.05, 3.63) is 131 Å². The molecule has 0 fully saturated rings. The Kier molecular flexibility index (Phi) is 5.98. The molecule has 4 heteroatoms. The van der Waals surface area contributed by atoms with Crippen LogP contribution in [0.25, 0.3) is 22.3 Å². The van der Waals surface area contributed by atoms with Crippen molar-refractivity contribution in [3.63, 3.8) is 0 Å². The summed E-state index contributed by atoms with van der Waals surface area (Å²) in [5.41, 5.74) is 12.2. The molecule has 0 bridgehead atoms. The largest absolute Gasteiger partial charge is 0.449 e. The molecule has 0 spiro atoms. The summed E-state index contributed by atoms with van der Waals surface area (Å²) < 4.78 is 13.1. The molecule has 0 amide bonds. The Bertz CT molecular complexity index is 1890. The van der Waals surface area contributed by atoms with Crippen molar-refractivity contribution >= 4 is 5.71 Å². The van der Waals surface area contributed by atoms with Gasteiger partial charge in [0.25, 0.3) is 0 Å². The first-order valence-corrected chi connectivity index (χ1v) is 14.5. The van der Waals surface area contributed by atoms with E-state index in [-0.39, 0.29) is 11.6 Å². The summed E-state index contributed by atoms with van der Waals surface area (Å²) in [6.07, 6.45) is 4.06. The van der Waals surface area contributed by atoms with Crippen molar-refractivity contribution in [2.24, 2.45) is 4.99 Å². The maximum absolute atomic E-state index is 6.59. The highest BCUT2D eigenvalue weighted by molar-refractivity contribution is 6.10. The zero-order valence-corrected chi connectivity index (χ0v) is 24.7. The summed E-state index contributed by atoms with van der Waals surface area (Å²) in [7, 11) is 0. The Balaban J connectivity index is 1.24. The molecule has 3 aliphatic rings. The van der Waals surface area contributed by atoms with Crippen molar-refractivity contribution in [3.8, 4) is 45.3 Å². The summed E-state index contributed by atoms with van der Waals surface area (Å²) in [5, 5.41) is 3.49. The van der Waals surface area contributed by atoms with Crippen LogP contribution < -0.4 is 14.8 Å². The van der Waals surface area contributed by atoms with Gasteiger partial charge in [0, 0.05) is 22.2 Å². The molecule has 1 atom stereocenters. The lowest BCUT2D eigenvalue weighted by Gasteiger charge is -2.26. The second kappa shape index (κ2) is 9.63. The monoisotopic (exact) mass is 550 g/mol. The fourth-order valence-electron chi connectivity index (χ4n) is 6.17. The fourth-order valence-corrected chi connectivity index (χ4v) is 6.17. The lowest BCUT2D eigenvalue weighted by atomic mass is 9.82. The number of rotatable bonds is 4. The third kappa shape index (κ3) is 4.09. The quantitative estimate of drug-likeness (QED) is 0.227. The first-order chi connectivity index (χ1) is 20.2. The van der Waals surface area contributed by atoms with Gasteiger partial charge in [0.2, 0.25) is 0 Å². The molecule has 208 valence electrons. The van der Waals surface area contributed by atoms with E-state index in [0.717, 1.165) is 56.5 Å². The number of nitrogens with zero attached hydrogens (tertiary/aromatic N) is 1. The Morgan fingerprint density at radius 3 is 2.40 bits per heavy atom. The number of aliphatic imine (C=N–C) groups is 1. The standard InChI is InChI=1S/C38H34N2O2/c1-7-23(4)30-21-31(40-37(39-30)22(2)3)26-12-10-11-24(19-26)25-15-17-32-34(20-25)41-33-18-16-29-35(36(33)42-32)27-13-8-9-14-28(27)38(29,5)6/h7-21,37,39H,2H2,1,3-6H3/b23-7+. The van der Waals surface area contributed by atoms with E-state index >= 15 is 0 Å². The number of hydrogen-bond donors (Lipinski definition) is 1. The van der Waals surface area contributed by atoms with Gasteiger partial charge in [0.15, 0.2) is 23.0 Å². The summed E-state index contributed by atoms with van der Waals surface area (Å²) in [6.45, 7) is 14.8. The first-order valence-electron chi connectivity index (χ1n) is 14.5. The SMILES string of the molecule is C=C(C)C1N=C(c2cccc(-c3ccc4c(c3)Oc3ccc5c(c3O4)-c3ccccc3C5(C)C)c2)C=C(/C(C)=C/C)N1. The molecule has 7 rings (SSSR count). The maximum atomic E-state index is 6.59. The van der Waals surface area contributed by atoms with Gasteiger partial charge < -0.3 is 14.8 Å². The van der Waals surface area contributed by atoms with Gasteiger partial charge >= 0.3 is 0 Å². The molecule has 2 aliphatic heterocycles. The van der Waals surface area contributed by atoms with Crippen LogP contribution in [0.5, 0.6) is 23.0 Å². The summed E-state index contributed by atoms with van der Waals surface area (Å²) in [4.78, 5) is 4.96. The molecule has 0 saturated heterocycles. The van der Waals surface area contributed by atoms with Crippen LogP contribution in [-0.2, 0) is 5.41 Å². The van der Waals surface area contributed by atoms with E-state index in [9.17, 15) is 0 Å². The molecule has 4 aromatic rings. The highest BCUT2D eigenvalue weighted by Gasteiger charge is 2.39. The predicted octanol–water partition coefficient (Wildman–Crippen LogP) is 9.70. The van der Waals surface area contributed by atoms with Gasteiger partial charge in [-0.3, -0.25) is 4.99 Å². The molecule has 0 aromatic heterocycles. The average molecular weight is 551 g/mol. The van der Waals surface area contributed by atoms with Crippen LogP contribution in [0.15, 0.2) is 119 Å². The molecule has 42 heavy (non-hydrogen) atoms. The van der Waals surface area contributed by atoms with Crippen molar-refractivity contribution in [1.29, 1.82) is 0 Å². The van der Waals surface area contributed by atoms with Gasteiger partial charge in [0.05, 0.1) is 5.71 Å².